The van der Waals surface area contributed by atoms with Gasteiger partial charge in [0, 0.05) is 18.3 Å². The van der Waals surface area contributed by atoms with Gasteiger partial charge in [0.1, 0.15) is 17.2 Å². The maximum Gasteiger partial charge on any atom is 0.122 e. The Morgan fingerprint density at radius 1 is 0.905 bits per heavy atom. The molecule has 0 saturated carbocycles. The van der Waals surface area contributed by atoms with Crippen molar-refractivity contribution in [3.05, 3.63) is 47.0 Å². The monoisotopic (exact) mass is 287 g/mol. The highest BCUT2D eigenvalue weighted by Crippen LogP contribution is 2.27. The largest absolute Gasteiger partial charge is 0.508 e. The molecule has 0 spiro atoms. The lowest BCUT2D eigenvalue weighted by Gasteiger charge is -2.13. The minimum Gasteiger partial charge on any atom is -0.508 e. The molecule has 0 radical (unpaired) electrons. The van der Waals surface area contributed by atoms with Crippen molar-refractivity contribution < 1.29 is 14.6 Å². The van der Waals surface area contributed by atoms with E-state index < -0.39 is 0 Å². The van der Waals surface area contributed by atoms with Crippen LogP contribution in [0.5, 0.6) is 17.2 Å². The summed E-state index contributed by atoms with van der Waals surface area (Å²) in [6.07, 6.45) is 0. The summed E-state index contributed by atoms with van der Waals surface area (Å²) in [6, 6.07) is 9.50. The number of ether oxygens (including phenoxy) is 2. The third kappa shape index (κ3) is 3.60. The van der Waals surface area contributed by atoms with E-state index in [1.807, 2.05) is 38.1 Å². The van der Waals surface area contributed by atoms with Gasteiger partial charge in [0.25, 0.3) is 0 Å². The van der Waals surface area contributed by atoms with Gasteiger partial charge in [-0.15, -0.1) is 0 Å². The number of benzene rings is 2. The lowest BCUT2D eigenvalue weighted by molar-refractivity contribution is 0.393. The molecule has 0 unspecified atom stereocenters. The number of phenolic OH excluding ortho intramolecular Hbond substituents is 1. The van der Waals surface area contributed by atoms with Crippen molar-refractivity contribution in [3.63, 3.8) is 0 Å². The van der Waals surface area contributed by atoms with Crippen LogP contribution in [-0.2, 0) is 6.54 Å². The third-order valence-corrected chi connectivity index (χ3v) is 3.44. The Balaban J connectivity index is 2.18. The Bertz CT molecular complexity index is 616. The SMILES string of the molecule is COc1cc(CNc2cc(C)c(O)cc2C)cc(OC)c1. The van der Waals surface area contributed by atoms with E-state index in [0.29, 0.717) is 12.3 Å². The molecule has 0 amide bonds. The molecule has 4 nitrogen and oxygen atoms in total. The molecule has 0 atom stereocenters. The minimum atomic E-state index is 0.320. The fourth-order valence-corrected chi connectivity index (χ4v) is 2.16. The molecule has 4 heteroatoms. The summed E-state index contributed by atoms with van der Waals surface area (Å²) in [4.78, 5) is 0. The Hall–Kier alpha value is -2.36. The van der Waals surface area contributed by atoms with Crippen LogP contribution in [0.15, 0.2) is 30.3 Å². The van der Waals surface area contributed by atoms with Gasteiger partial charge in [0.2, 0.25) is 0 Å². The summed E-state index contributed by atoms with van der Waals surface area (Å²) in [5.41, 5.74) is 3.93. The molecule has 0 aromatic heterocycles. The van der Waals surface area contributed by atoms with Gasteiger partial charge < -0.3 is 19.9 Å². The molecular weight excluding hydrogens is 266 g/mol. The molecule has 2 rings (SSSR count). The molecule has 0 aliphatic carbocycles. The van der Waals surface area contributed by atoms with E-state index >= 15 is 0 Å². The summed E-state index contributed by atoms with van der Waals surface area (Å²) >= 11 is 0. The van der Waals surface area contributed by atoms with Crippen LogP contribution in [0.1, 0.15) is 16.7 Å². The summed E-state index contributed by atoms with van der Waals surface area (Å²) in [5, 5.41) is 13.1. The van der Waals surface area contributed by atoms with Crippen LogP contribution in [0, 0.1) is 13.8 Å². The van der Waals surface area contributed by atoms with E-state index in [4.69, 9.17) is 9.47 Å². The Kier molecular flexibility index (Phi) is 4.58. The van der Waals surface area contributed by atoms with E-state index in [1.165, 1.54) is 0 Å². The summed E-state index contributed by atoms with van der Waals surface area (Å²) in [7, 11) is 3.28. The van der Waals surface area contributed by atoms with Crippen LogP contribution in [0.4, 0.5) is 5.69 Å². The van der Waals surface area contributed by atoms with Crippen molar-refractivity contribution in [2.24, 2.45) is 0 Å². The van der Waals surface area contributed by atoms with Gasteiger partial charge in [-0.05, 0) is 54.8 Å². The lowest BCUT2D eigenvalue weighted by Crippen LogP contribution is -2.02. The predicted molar refractivity (Wildman–Crippen MR) is 84.5 cm³/mol. The first-order valence-electron chi connectivity index (χ1n) is 6.79. The van der Waals surface area contributed by atoms with Crippen molar-refractivity contribution in [3.8, 4) is 17.2 Å². The van der Waals surface area contributed by atoms with E-state index in [2.05, 4.69) is 5.32 Å². The number of phenols is 1. The van der Waals surface area contributed by atoms with Crippen LogP contribution in [0.25, 0.3) is 0 Å². The maximum absolute atomic E-state index is 9.69. The zero-order valence-corrected chi connectivity index (χ0v) is 12.9. The highest BCUT2D eigenvalue weighted by atomic mass is 16.5. The first kappa shape index (κ1) is 15.0. The zero-order valence-electron chi connectivity index (χ0n) is 12.9. The van der Waals surface area contributed by atoms with Gasteiger partial charge in [-0.25, -0.2) is 0 Å². The number of nitrogens with one attached hydrogen (secondary N) is 1. The van der Waals surface area contributed by atoms with Crippen LogP contribution >= 0.6 is 0 Å². The van der Waals surface area contributed by atoms with E-state index in [0.717, 1.165) is 33.9 Å². The van der Waals surface area contributed by atoms with Gasteiger partial charge in [0.15, 0.2) is 0 Å². The number of aryl methyl sites for hydroxylation is 2. The molecule has 2 aromatic rings. The zero-order chi connectivity index (χ0) is 15.4. The second kappa shape index (κ2) is 6.39. The fraction of sp³-hybridized carbons (Fsp3) is 0.294. The Labute approximate surface area is 125 Å². The van der Waals surface area contributed by atoms with E-state index in [1.54, 1.807) is 20.3 Å². The maximum atomic E-state index is 9.69. The summed E-state index contributed by atoms with van der Waals surface area (Å²) in [5.74, 6) is 1.86. The number of aromatic hydroxyl groups is 1. The van der Waals surface area contributed by atoms with Crippen LogP contribution in [-0.4, -0.2) is 19.3 Å². The standard InChI is InChI=1S/C17H21NO3/c1-11-6-17(19)12(2)5-16(11)18-10-13-7-14(20-3)9-15(8-13)21-4/h5-9,18-19H,10H2,1-4H3. The smallest absolute Gasteiger partial charge is 0.122 e. The highest BCUT2D eigenvalue weighted by molar-refractivity contribution is 5.57. The van der Waals surface area contributed by atoms with Gasteiger partial charge in [-0.2, -0.15) is 0 Å². The first-order chi connectivity index (χ1) is 10.0. The van der Waals surface area contributed by atoms with Gasteiger partial charge >= 0.3 is 0 Å². The number of anilines is 1. The molecule has 0 aliphatic heterocycles. The predicted octanol–water partition coefficient (Wildman–Crippen LogP) is 3.64. The second-order valence-corrected chi connectivity index (χ2v) is 5.03. The van der Waals surface area contributed by atoms with Gasteiger partial charge in [-0.3, -0.25) is 0 Å². The Morgan fingerprint density at radius 3 is 2.10 bits per heavy atom. The van der Waals surface area contributed by atoms with E-state index in [-0.39, 0.29) is 0 Å². The highest BCUT2D eigenvalue weighted by Gasteiger charge is 2.05. The van der Waals surface area contributed by atoms with Crippen molar-refractivity contribution in [2.75, 3.05) is 19.5 Å². The molecule has 21 heavy (non-hydrogen) atoms. The molecule has 0 bridgehead atoms. The average molecular weight is 287 g/mol. The molecule has 0 aliphatic rings. The molecular formula is C17H21NO3. The quantitative estimate of drug-likeness (QED) is 0.824. The molecule has 0 saturated heterocycles. The fourth-order valence-electron chi connectivity index (χ4n) is 2.16. The van der Waals surface area contributed by atoms with Crippen molar-refractivity contribution >= 4 is 5.69 Å². The molecule has 2 N–H and O–H groups in total. The van der Waals surface area contributed by atoms with Gasteiger partial charge in [-0.1, -0.05) is 0 Å². The second-order valence-electron chi connectivity index (χ2n) is 5.03. The lowest BCUT2D eigenvalue weighted by atomic mass is 10.1. The summed E-state index contributed by atoms with van der Waals surface area (Å²) < 4.78 is 10.5. The molecule has 2 aromatic carbocycles. The number of rotatable bonds is 5. The first-order valence-corrected chi connectivity index (χ1v) is 6.79. The molecule has 0 fully saturated rings. The average Bonchev–Trinajstić information content (AvgIpc) is 2.49. The normalized spacial score (nSPS) is 10.3. The van der Waals surface area contributed by atoms with Gasteiger partial charge in [0.05, 0.1) is 14.2 Å². The van der Waals surface area contributed by atoms with Crippen LogP contribution in [0.3, 0.4) is 0 Å². The number of hydrogen-bond acceptors (Lipinski definition) is 4. The third-order valence-electron chi connectivity index (χ3n) is 3.44. The minimum absolute atomic E-state index is 0.320. The molecule has 0 heterocycles. The van der Waals surface area contributed by atoms with Crippen molar-refractivity contribution in [1.29, 1.82) is 0 Å². The summed E-state index contributed by atoms with van der Waals surface area (Å²) in [6.45, 7) is 4.50. The molecule has 112 valence electrons. The van der Waals surface area contributed by atoms with E-state index in [9.17, 15) is 5.11 Å². The van der Waals surface area contributed by atoms with Crippen LogP contribution in [0.2, 0.25) is 0 Å². The number of methoxy groups -OCH3 is 2. The topological polar surface area (TPSA) is 50.7 Å². The van der Waals surface area contributed by atoms with Crippen LogP contribution < -0.4 is 14.8 Å². The van der Waals surface area contributed by atoms with Crippen molar-refractivity contribution in [2.45, 2.75) is 20.4 Å². The number of hydrogen-bond donors (Lipinski definition) is 2. The Morgan fingerprint density at radius 2 is 1.52 bits per heavy atom. The van der Waals surface area contributed by atoms with Crippen molar-refractivity contribution in [1.82, 2.24) is 0 Å².